The number of aliphatic imine (C=N–C) groups is 1. The van der Waals surface area contributed by atoms with Gasteiger partial charge in [0.15, 0.2) is 0 Å². The number of likely N-dealkylation sites (tertiary alicyclic amines) is 1. The summed E-state index contributed by atoms with van der Waals surface area (Å²) in [5.74, 6) is 0.776. The van der Waals surface area contributed by atoms with Crippen molar-refractivity contribution in [3.63, 3.8) is 0 Å². The Morgan fingerprint density at radius 1 is 1.40 bits per heavy atom. The molecule has 104 valence electrons. The fraction of sp³-hybridized carbons (Fsp3) is 0.375. The van der Waals surface area contributed by atoms with E-state index in [-0.39, 0.29) is 0 Å². The van der Waals surface area contributed by atoms with Crippen LogP contribution < -0.4 is 0 Å². The first kappa shape index (κ1) is 14.1. The van der Waals surface area contributed by atoms with Crippen LogP contribution in [0.2, 0.25) is 0 Å². The molecule has 1 aromatic rings. The molecule has 0 aromatic heterocycles. The van der Waals surface area contributed by atoms with Crippen molar-refractivity contribution in [3.05, 3.63) is 42.0 Å². The highest BCUT2D eigenvalue weighted by Crippen LogP contribution is 2.13. The Balaban J connectivity index is 2.07. The van der Waals surface area contributed by atoms with Gasteiger partial charge in [-0.15, -0.1) is 4.99 Å². The van der Waals surface area contributed by atoms with E-state index in [2.05, 4.69) is 28.6 Å². The number of nitrogens with zero attached hydrogens (tertiary/aromatic N) is 4. The van der Waals surface area contributed by atoms with Gasteiger partial charge in [0.2, 0.25) is 12.2 Å². The van der Waals surface area contributed by atoms with Gasteiger partial charge >= 0.3 is 0 Å². The molecule has 0 aliphatic carbocycles. The Bertz CT molecular complexity index is 518. The van der Waals surface area contributed by atoms with Crippen LogP contribution in [0, 0.1) is 11.5 Å². The molecule has 1 fully saturated rings. The summed E-state index contributed by atoms with van der Waals surface area (Å²) >= 11 is 0. The zero-order valence-electron chi connectivity index (χ0n) is 11.9. The maximum absolute atomic E-state index is 8.88. The minimum absolute atomic E-state index is 0.744. The highest BCUT2D eigenvalue weighted by Gasteiger charge is 2.19. The Labute approximate surface area is 120 Å². The van der Waals surface area contributed by atoms with Crippen LogP contribution in [0.5, 0.6) is 0 Å². The van der Waals surface area contributed by atoms with Crippen molar-refractivity contribution in [1.82, 2.24) is 9.80 Å². The number of hydrogen-bond donors (Lipinski definition) is 0. The van der Waals surface area contributed by atoms with Gasteiger partial charge in [-0.3, -0.25) is 0 Å². The normalized spacial score (nSPS) is 15.0. The van der Waals surface area contributed by atoms with Crippen molar-refractivity contribution in [2.24, 2.45) is 4.99 Å². The quantitative estimate of drug-likeness (QED) is 0.481. The van der Waals surface area contributed by atoms with E-state index in [1.807, 2.05) is 36.3 Å². The lowest BCUT2D eigenvalue weighted by atomic mass is 10.1. The monoisotopic (exact) mass is 268 g/mol. The average Bonchev–Trinajstić information content (AvgIpc) is 2.99. The van der Waals surface area contributed by atoms with E-state index in [9.17, 15) is 0 Å². The second-order valence-corrected chi connectivity index (χ2v) is 5.01. The van der Waals surface area contributed by atoms with Crippen LogP contribution in [0.3, 0.4) is 0 Å². The first-order valence-electron chi connectivity index (χ1n) is 6.89. The second kappa shape index (κ2) is 6.76. The van der Waals surface area contributed by atoms with E-state index in [0.717, 1.165) is 31.2 Å². The van der Waals surface area contributed by atoms with Gasteiger partial charge in [-0.05, 0) is 24.0 Å². The largest absolute Gasteiger partial charge is 0.342 e. The highest BCUT2D eigenvalue weighted by molar-refractivity contribution is 5.81. The van der Waals surface area contributed by atoms with Crippen LogP contribution in [-0.2, 0) is 6.54 Å². The summed E-state index contributed by atoms with van der Waals surface area (Å²) in [4.78, 5) is 8.21. The average molecular weight is 268 g/mol. The van der Waals surface area contributed by atoms with Gasteiger partial charge < -0.3 is 9.80 Å². The molecule has 0 radical (unpaired) electrons. The second-order valence-electron chi connectivity index (χ2n) is 5.01. The molecule has 0 spiro atoms. The van der Waals surface area contributed by atoms with Crippen LogP contribution in [0.1, 0.15) is 24.0 Å². The maximum Gasteiger partial charge on any atom is 0.212 e. The first-order chi connectivity index (χ1) is 9.74. The molecule has 0 N–H and O–H groups in total. The molecule has 20 heavy (non-hydrogen) atoms. The zero-order chi connectivity index (χ0) is 14.4. The van der Waals surface area contributed by atoms with Crippen molar-refractivity contribution in [2.45, 2.75) is 19.4 Å². The summed E-state index contributed by atoms with van der Waals surface area (Å²) in [6, 6.07) is 8.27. The van der Waals surface area contributed by atoms with Crippen LogP contribution >= 0.6 is 0 Å². The lowest BCUT2D eigenvalue weighted by Gasteiger charge is -2.28. The number of rotatable bonds is 3. The van der Waals surface area contributed by atoms with Gasteiger partial charge in [-0.25, -0.2) is 0 Å². The third kappa shape index (κ3) is 3.39. The SMILES string of the molecule is C=Cc1ccc(CN(C)C(=NC#N)N2CCCC2)cc1. The predicted octanol–water partition coefficient (Wildman–Crippen LogP) is 2.69. The molecule has 1 aliphatic heterocycles. The lowest BCUT2D eigenvalue weighted by Crippen LogP contribution is -2.40. The van der Waals surface area contributed by atoms with Crippen LogP contribution in [0.4, 0.5) is 0 Å². The molecule has 0 unspecified atom stereocenters. The van der Waals surface area contributed by atoms with Gasteiger partial charge in [-0.1, -0.05) is 36.9 Å². The Kier molecular flexibility index (Phi) is 4.78. The molecular formula is C16H20N4. The molecule has 0 bridgehead atoms. The number of benzene rings is 1. The summed E-state index contributed by atoms with van der Waals surface area (Å²) in [6.07, 6.45) is 6.10. The summed E-state index contributed by atoms with van der Waals surface area (Å²) in [7, 11) is 1.98. The third-order valence-electron chi connectivity index (χ3n) is 3.52. The van der Waals surface area contributed by atoms with Gasteiger partial charge in [0.05, 0.1) is 0 Å². The van der Waals surface area contributed by atoms with E-state index in [4.69, 9.17) is 5.26 Å². The molecule has 1 heterocycles. The highest BCUT2D eigenvalue weighted by atomic mass is 15.4. The van der Waals surface area contributed by atoms with Crippen molar-refractivity contribution < 1.29 is 0 Å². The van der Waals surface area contributed by atoms with Crippen LogP contribution in [0.25, 0.3) is 6.08 Å². The van der Waals surface area contributed by atoms with Crippen LogP contribution in [-0.4, -0.2) is 35.9 Å². The molecule has 1 aliphatic rings. The van der Waals surface area contributed by atoms with Crippen molar-refractivity contribution in [3.8, 4) is 6.19 Å². The fourth-order valence-corrected chi connectivity index (χ4v) is 2.46. The molecular weight excluding hydrogens is 248 g/mol. The molecule has 1 saturated heterocycles. The standard InChI is InChI=1S/C16H20N4/c1-3-14-6-8-15(9-7-14)12-19(2)16(18-13-17)20-10-4-5-11-20/h3,6-9H,1,4-5,10-12H2,2H3. The van der Waals surface area contributed by atoms with E-state index in [0.29, 0.717) is 0 Å². The summed E-state index contributed by atoms with van der Waals surface area (Å²) in [5, 5.41) is 8.88. The minimum atomic E-state index is 0.744. The lowest BCUT2D eigenvalue weighted by molar-refractivity contribution is 0.387. The van der Waals surface area contributed by atoms with E-state index >= 15 is 0 Å². The van der Waals surface area contributed by atoms with E-state index in [1.165, 1.54) is 18.4 Å². The van der Waals surface area contributed by atoms with E-state index in [1.54, 1.807) is 0 Å². The molecule has 2 rings (SSSR count). The van der Waals surface area contributed by atoms with Gasteiger partial charge in [-0.2, -0.15) is 5.26 Å². The van der Waals surface area contributed by atoms with E-state index < -0.39 is 0 Å². The summed E-state index contributed by atoms with van der Waals surface area (Å²) in [6.45, 7) is 6.47. The van der Waals surface area contributed by atoms with Gasteiger partial charge in [0.1, 0.15) is 0 Å². The molecule has 0 atom stereocenters. The van der Waals surface area contributed by atoms with Crippen molar-refractivity contribution in [1.29, 1.82) is 5.26 Å². The predicted molar refractivity (Wildman–Crippen MR) is 81.9 cm³/mol. The molecule has 4 nitrogen and oxygen atoms in total. The molecule has 1 aromatic carbocycles. The van der Waals surface area contributed by atoms with Crippen molar-refractivity contribution in [2.75, 3.05) is 20.1 Å². The zero-order valence-corrected chi connectivity index (χ0v) is 11.9. The Morgan fingerprint density at radius 2 is 2.05 bits per heavy atom. The van der Waals surface area contributed by atoms with Gasteiger partial charge in [0.25, 0.3) is 0 Å². The van der Waals surface area contributed by atoms with Crippen LogP contribution in [0.15, 0.2) is 35.8 Å². The third-order valence-corrected chi connectivity index (χ3v) is 3.52. The first-order valence-corrected chi connectivity index (χ1v) is 6.89. The minimum Gasteiger partial charge on any atom is -0.342 e. The van der Waals surface area contributed by atoms with Gasteiger partial charge in [0, 0.05) is 26.7 Å². The number of guanidine groups is 1. The smallest absolute Gasteiger partial charge is 0.212 e. The maximum atomic E-state index is 8.88. The summed E-state index contributed by atoms with van der Waals surface area (Å²) in [5.41, 5.74) is 2.31. The Morgan fingerprint density at radius 3 is 2.60 bits per heavy atom. The summed E-state index contributed by atoms with van der Waals surface area (Å²) < 4.78 is 0. The number of nitriles is 1. The van der Waals surface area contributed by atoms with Crippen molar-refractivity contribution >= 4 is 12.0 Å². The Hall–Kier alpha value is -2.28. The molecule has 4 heteroatoms. The fourth-order valence-electron chi connectivity index (χ4n) is 2.46. The molecule has 0 saturated carbocycles. The topological polar surface area (TPSA) is 42.6 Å². The number of hydrogen-bond acceptors (Lipinski definition) is 2. The molecule has 0 amide bonds.